The highest BCUT2D eigenvalue weighted by Gasteiger charge is 2.17. The van der Waals surface area contributed by atoms with E-state index in [0.717, 1.165) is 11.1 Å². The molecule has 0 saturated carbocycles. The maximum atomic E-state index is 12.3. The van der Waals surface area contributed by atoms with Gasteiger partial charge in [0.05, 0.1) is 12.6 Å². The van der Waals surface area contributed by atoms with Gasteiger partial charge in [-0.05, 0) is 47.7 Å². The van der Waals surface area contributed by atoms with E-state index < -0.39 is 0 Å². The Kier molecular flexibility index (Phi) is 6.11. The number of fused-ring (bicyclic) bond motifs is 1. The Morgan fingerprint density at radius 1 is 1.00 bits per heavy atom. The molecule has 0 saturated heterocycles. The van der Waals surface area contributed by atoms with Crippen molar-refractivity contribution in [1.82, 2.24) is 10.6 Å². The van der Waals surface area contributed by atoms with Crippen LogP contribution in [0.2, 0.25) is 0 Å². The Labute approximate surface area is 171 Å². The van der Waals surface area contributed by atoms with E-state index in [1.54, 1.807) is 12.1 Å². The van der Waals surface area contributed by atoms with E-state index in [9.17, 15) is 9.59 Å². The number of amides is 2. The first-order valence-electron chi connectivity index (χ1n) is 9.82. The number of carbonyl (C=O) groups is 2. The van der Waals surface area contributed by atoms with Crippen molar-refractivity contribution in [2.45, 2.75) is 39.2 Å². The van der Waals surface area contributed by atoms with Gasteiger partial charge in [0.25, 0.3) is 5.91 Å². The fourth-order valence-corrected chi connectivity index (χ4v) is 3.09. The van der Waals surface area contributed by atoms with Gasteiger partial charge in [0, 0.05) is 5.56 Å². The molecule has 2 amide bonds. The highest BCUT2D eigenvalue weighted by molar-refractivity contribution is 5.96. The number of ether oxygens (including phenoxy) is 2. The summed E-state index contributed by atoms with van der Waals surface area (Å²) in [5.41, 5.74) is 2.62. The Bertz CT molecular complexity index is 885. The average Bonchev–Trinajstić information content (AvgIpc) is 2.71. The van der Waals surface area contributed by atoms with E-state index in [2.05, 4.69) is 31.4 Å². The molecule has 2 aromatic rings. The van der Waals surface area contributed by atoms with Crippen LogP contribution in [0, 0.1) is 0 Å². The molecule has 1 unspecified atom stereocenters. The second kappa shape index (κ2) is 8.55. The second-order valence-electron chi connectivity index (χ2n) is 8.20. The fourth-order valence-electron chi connectivity index (χ4n) is 3.09. The third kappa shape index (κ3) is 5.28. The van der Waals surface area contributed by atoms with Gasteiger partial charge >= 0.3 is 0 Å². The van der Waals surface area contributed by atoms with Crippen LogP contribution in [-0.4, -0.2) is 31.6 Å². The molecule has 0 bridgehead atoms. The molecule has 29 heavy (non-hydrogen) atoms. The Morgan fingerprint density at radius 2 is 1.66 bits per heavy atom. The summed E-state index contributed by atoms with van der Waals surface area (Å²) >= 11 is 0. The van der Waals surface area contributed by atoms with E-state index in [0.29, 0.717) is 30.3 Å². The van der Waals surface area contributed by atoms with E-state index in [4.69, 9.17) is 9.47 Å². The normalized spacial score (nSPS) is 14.1. The van der Waals surface area contributed by atoms with Crippen LogP contribution in [0.15, 0.2) is 42.5 Å². The van der Waals surface area contributed by atoms with Crippen LogP contribution in [0.1, 0.15) is 55.2 Å². The number of nitrogens with one attached hydrogen (secondary N) is 2. The summed E-state index contributed by atoms with van der Waals surface area (Å²) in [6.07, 6.45) is 0. The lowest BCUT2D eigenvalue weighted by molar-refractivity contribution is -0.120. The van der Waals surface area contributed by atoms with Crippen molar-refractivity contribution >= 4 is 11.8 Å². The monoisotopic (exact) mass is 396 g/mol. The lowest BCUT2D eigenvalue weighted by atomic mass is 9.87. The minimum atomic E-state index is -0.271. The van der Waals surface area contributed by atoms with Crippen LogP contribution < -0.4 is 20.1 Å². The molecule has 1 aliphatic heterocycles. The van der Waals surface area contributed by atoms with Crippen LogP contribution in [0.4, 0.5) is 0 Å². The molecule has 1 atom stereocenters. The molecule has 0 aromatic heterocycles. The van der Waals surface area contributed by atoms with Crippen molar-refractivity contribution in [2.24, 2.45) is 0 Å². The molecular formula is C23H28N2O4. The van der Waals surface area contributed by atoms with Crippen molar-refractivity contribution in [3.8, 4) is 11.5 Å². The zero-order valence-corrected chi connectivity index (χ0v) is 17.4. The third-order valence-electron chi connectivity index (χ3n) is 4.87. The van der Waals surface area contributed by atoms with Crippen molar-refractivity contribution < 1.29 is 19.1 Å². The summed E-state index contributed by atoms with van der Waals surface area (Å²) < 4.78 is 11.1. The third-order valence-corrected chi connectivity index (χ3v) is 4.87. The van der Waals surface area contributed by atoms with Gasteiger partial charge in [-0.2, -0.15) is 0 Å². The number of hydrogen-bond acceptors (Lipinski definition) is 4. The molecule has 6 nitrogen and oxygen atoms in total. The highest BCUT2D eigenvalue weighted by atomic mass is 16.6. The maximum absolute atomic E-state index is 12.3. The summed E-state index contributed by atoms with van der Waals surface area (Å²) in [6.45, 7) is 9.21. The number of rotatable bonds is 5. The van der Waals surface area contributed by atoms with Gasteiger partial charge in [0.15, 0.2) is 11.5 Å². The number of carbonyl (C=O) groups excluding carboxylic acids is 2. The van der Waals surface area contributed by atoms with Gasteiger partial charge in [-0.3, -0.25) is 9.59 Å². The van der Waals surface area contributed by atoms with Crippen LogP contribution in [0.25, 0.3) is 0 Å². The zero-order valence-electron chi connectivity index (χ0n) is 17.4. The minimum Gasteiger partial charge on any atom is -0.486 e. The Hall–Kier alpha value is -3.02. The summed E-state index contributed by atoms with van der Waals surface area (Å²) in [6, 6.07) is 12.8. The molecular weight excluding hydrogens is 368 g/mol. The standard InChI is InChI=1S/C23H28N2O4/c1-15(17-7-10-19-20(13-17)29-12-11-28-19)25-21(26)14-24-22(27)16-5-8-18(9-6-16)23(2,3)4/h5-10,13,15H,11-12,14H2,1-4H3,(H,24,27)(H,25,26). The van der Waals surface area contributed by atoms with E-state index in [1.165, 1.54) is 0 Å². The molecule has 6 heteroatoms. The van der Waals surface area contributed by atoms with Gasteiger partial charge in [-0.1, -0.05) is 39.0 Å². The topological polar surface area (TPSA) is 76.7 Å². The van der Waals surface area contributed by atoms with Gasteiger partial charge in [0.1, 0.15) is 13.2 Å². The first-order chi connectivity index (χ1) is 13.7. The highest BCUT2D eigenvalue weighted by Crippen LogP contribution is 2.32. The molecule has 2 N–H and O–H groups in total. The van der Waals surface area contributed by atoms with Crippen LogP contribution in [0.5, 0.6) is 11.5 Å². The van der Waals surface area contributed by atoms with E-state index in [-0.39, 0.29) is 29.8 Å². The smallest absolute Gasteiger partial charge is 0.251 e. The lowest BCUT2D eigenvalue weighted by Crippen LogP contribution is -2.38. The van der Waals surface area contributed by atoms with Crippen LogP contribution >= 0.6 is 0 Å². The Balaban J connectivity index is 1.52. The second-order valence-corrected chi connectivity index (χ2v) is 8.20. The number of benzene rings is 2. The SMILES string of the molecule is CC(NC(=O)CNC(=O)c1ccc(C(C)(C)C)cc1)c1ccc2c(c1)OCCO2. The van der Waals surface area contributed by atoms with Gasteiger partial charge in [-0.25, -0.2) is 0 Å². The molecule has 3 rings (SSSR count). The van der Waals surface area contributed by atoms with Crippen LogP contribution in [-0.2, 0) is 10.2 Å². The Morgan fingerprint density at radius 3 is 2.31 bits per heavy atom. The predicted octanol–water partition coefficient (Wildman–Crippen LogP) is 3.36. The number of hydrogen-bond donors (Lipinski definition) is 2. The minimum absolute atomic E-state index is 0.0267. The molecule has 1 aliphatic rings. The first-order valence-corrected chi connectivity index (χ1v) is 9.82. The molecule has 0 spiro atoms. The maximum Gasteiger partial charge on any atom is 0.251 e. The largest absolute Gasteiger partial charge is 0.486 e. The first kappa shape index (κ1) is 20.7. The van der Waals surface area contributed by atoms with Crippen LogP contribution in [0.3, 0.4) is 0 Å². The molecule has 2 aromatic carbocycles. The summed E-state index contributed by atoms with van der Waals surface area (Å²) in [5.74, 6) is 0.866. The van der Waals surface area contributed by atoms with Gasteiger partial charge < -0.3 is 20.1 Å². The van der Waals surface area contributed by atoms with Crippen molar-refractivity contribution in [2.75, 3.05) is 19.8 Å². The summed E-state index contributed by atoms with van der Waals surface area (Å²) in [5, 5.41) is 5.56. The zero-order chi connectivity index (χ0) is 21.0. The quantitative estimate of drug-likeness (QED) is 0.813. The van der Waals surface area contributed by atoms with Crippen molar-refractivity contribution in [3.05, 3.63) is 59.2 Å². The summed E-state index contributed by atoms with van der Waals surface area (Å²) in [4.78, 5) is 24.6. The predicted molar refractivity (Wildman–Crippen MR) is 111 cm³/mol. The lowest BCUT2D eigenvalue weighted by Gasteiger charge is -2.21. The molecule has 0 fully saturated rings. The average molecular weight is 396 g/mol. The van der Waals surface area contributed by atoms with Crippen molar-refractivity contribution in [3.63, 3.8) is 0 Å². The molecule has 0 radical (unpaired) electrons. The van der Waals surface area contributed by atoms with E-state index >= 15 is 0 Å². The molecule has 0 aliphatic carbocycles. The molecule has 154 valence electrons. The van der Waals surface area contributed by atoms with Gasteiger partial charge in [0.2, 0.25) is 5.91 Å². The molecule has 1 heterocycles. The fraction of sp³-hybridized carbons (Fsp3) is 0.391. The summed E-state index contributed by atoms with van der Waals surface area (Å²) in [7, 11) is 0. The van der Waals surface area contributed by atoms with E-state index in [1.807, 2.05) is 37.3 Å². The van der Waals surface area contributed by atoms with Crippen molar-refractivity contribution in [1.29, 1.82) is 0 Å². The van der Waals surface area contributed by atoms with Gasteiger partial charge in [-0.15, -0.1) is 0 Å².